The molecule has 3 nitrogen and oxygen atoms in total. The summed E-state index contributed by atoms with van der Waals surface area (Å²) in [4.78, 5) is 12.8. The molecule has 3 fully saturated rings. The Labute approximate surface area is 202 Å². The minimum Gasteiger partial charge on any atom is -0.393 e. The fraction of sp³-hybridized carbons (Fsp3) is 0.833. The summed E-state index contributed by atoms with van der Waals surface area (Å²) in [5.74, 6) is 1.98. The molecule has 0 aromatic carbocycles. The molecule has 4 aliphatic rings. The molecular formula is C30H48O3. The third-order valence-electron chi connectivity index (χ3n) is 11.7. The first-order valence-corrected chi connectivity index (χ1v) is 13.5. The Kier molecular flexibility index (Phi) is 6.14. The van der Waals surface area contributed by atoms with E-state index in [0.29, 0.717) is 30.0 Å². The van der Waals surface area contributed by atoms with Gasteiger partial charge in [-0.3, -0.25) is 4.79 Å². The van der Waals surface area contributed by atoms with Crippen LogP contribution < -0.4 is 0 Å². The normalized spacial score (nSPS) is 46.0. The summed E-state index contributed by atoms with van der Waals surface area (Å²) in [5, 5.41) is 21.7. The monoisotopic (exact) mass is 456 g/mol. The fourth-order valence-corrected chi connectivity index (χ4v) is 9.48. The first-order valence-electron chi connectivity index (χ1n) is 13.5. The minimum absolute atomic E-state index is 0.000802. The summed E-state index contributed by atoms with van der Waals surface area (Å²) in [6.07, 6.45) is 9.27. The van der Waals surface area contributed by atoms with Crippen molar-refractivity contribution in [2.45, 2.75) is 112 Å². The zero-order valence-corrected chi connectivity index (χ0v) is 22.2. The van der Waals surface area contributed by atoms with Crippen LogP contribution in [0.5, 0.6) is 0 Å². The number of hydrogen-bond donors (Lipinski definition) is 2. The van der Waals surface area contributed by atoms with Gasteiger partial charge in [0.25, 0.3) is 0 Å². The van der Waals surface area contributed by atoms with E-state index in [1.807, 2.05) is 6.92 Å². The number of Topliss-reactive ketones (excluding diaryl/α,β-unsaturated/α-hetero) is 1. The number of ketones is 1. The highest BCUT2D eigenvalue weighted by atomic mass is 16.3. The Hall–Kier alpha value is -0.930. The van der Waals surface area contributed by atoms with Gasteiger partial charge in [0, 0.05) is 11.8 Å². The van der Waals surface area contributed by atoms with Crippen LogP contribution in [0.25, 0.3) is 0 Å². The van der Waals surface area contributed by atoms with Crippen molar-refractivity contribution in [3.63, 3.8) is 0 Å². The van der Waals surface area contributed by atoms with E-state index in [2.05, 4.69) is 54.2 Å². The van der Waals surface area contributed by atoms with Gasteiger partial charge in [0.1, 0.15) is 5.78 Å². The molecule has 9 atom stereocenters. The van der Waals surface area contributed by atoms with Gasteiger partial charge in [-0.25, -0.2) is 0 Å². The van der Waals surface area contributed by atoms with E-state index < -0.39 is 6.10 Å². The second-order valence-corrected chi connectivity index (χ2v) is 13.7. The zero-order valence-electron chi connectivity index (χ0n) is 22.2. The lowest BCUT2D eigenvalue weighted by atomic mass is 9.41. The third kappa shape index (κ3) is 3.46. The number of aliphatic hydroxyl groups excluding tert-OH is 2. The smallest absolute Gasteiger partial charge is 0.138 e. The third-order valence-corrected chi connectivity index (χ3v) is 11.7. The molecule has 33 heavy (non-hydrogen) atoms. The highest BCUT2D eigenvalue weighted by Gasteiger charge is 2.67. The van der Waals surface area contributed by atoms with Crippen LogP contribution >= 0.6 is 0 Å². The molecule has 3 saturated carbocycles. The number of aliphatic hydroxyl groups is 2. The molecule has 186 valence electrons. The second kappa shape index (κ2) is 8.05. The highest BCUT2D eigenvalue weighted by molar-refractivity contribution is 5.85. The number of fused-ring (bicyclic) bond motifs is 5. The molecular weight excluding hydrogens is 408 g/mol. The quantitative estimate of drug-likeness (QED) is 0.465. The highest BCUT2D eigenvalue weighted by Crippen LogP contribution is 2.73. The van der Waals surface area contributed by atoms with E-state index in [4.69, 9.17) is 0 Å². The molecule has 0 amide bonds. The standard InChI is InChI=1S/C30H48O3/c1-18(2)22(31)11-9-19(3)26-23(32)17-30(8)21-10-12-24-27(4,5)25(33)14-15-28(24,6)20(21)13-16-29(26,30)7/h10,19-20,22-24,26,31-32H,1,9,11-17H2,2-8H3/t19?,20-,22-,23-,24-,26+,28+,29-,30+/m0/s1. The van der Waals surface area contributed by atoms with Gasteiger partial charge in [0.2, 0.25) is 0 Å². The van der Waals surface area contributed by atoms with Crippen LogP contribution in [-0.2, 0) is 4.79 Å². The molecule has 4 rings (SSSR count). The summed E-state index contributed by atoms with van der Waals surface area (Å²) in [6, 6.07) is 0. The second-order valence-electron chi connectivity index (χ2n) is 13.7. The van der Waals surface area contributed by atoms with Crippen molar-refractivity contribution < 1.29 is 15.0 Å². The number of rotatable bonds is 5. The molecule has 0 heterocycles. The Morgan fingerprint density at radius 3 is 2.48 bits per heavy atom. The minimum atomic E-state index is -0.448. The number of carbonyl (C=O) groups is 1. The lowest BCUT2D eigenvalue weighted by molar-refractivity contribution is -0.146. The summed E-state index contributed by atoms with van der Waals surface area (Å²) < 4.78 is 0. The maximum Gasteiger partial charge on any atom is 0.138 e. The predicted molar refractivity (Wildman–Crippen MR) is 135 cm³/mol. The van der Waals surface area contributed by atoms with Gasteiger partial charge < -0.3 is 10.2 Å². The van der Waals surface area contributed by atoms with Crippen molar-refractivity contribution in [2.75, 3.05) is 0 Å². The van der Waals surface area contributed by atoms with Crippen molar-refractivity contribution in [3.05, 3.63) is 23.8 Å². The van der Waals surface area contributed by atoms with Crippen LogP contribution in [0.3, 0.4) is 0 Å². The van der Waals surface area contributed by atoms with Crippen LogP contribution in [0, 0.1) is 45.3 Å². The molecule has 0 radical (unpaired) electrons. The average Bonchev–Trinajstić information content (AvgIpc) is 2.94. The van der Waals surface area contributed by atoms with Gasteiger partial charge >= 0.3 is 0 Å². The van der Waals surface area contributed by atoms with Gasteiger partial charge in [-0.05, 0) is 91.8 Å². The lowest BCUT2D eigenvalue weighted by Gasteiger charge is -2.63. The van der Waals surface area contributed by atoms with Gasteiger partial charge in [0.05, 0.1) is 12.2 Å². The largest absolute Gasteiger partial charge is 0.393 e. The molecule has 4 aliphatic carbocycles. The molecule has 1 unspecified atom stereocenters. The molecule has 0 bridgehead atoms. The van der Waals surface area contributed by atoms with E-state index in [0.717, 1.165) is 44.1 Å². The van der Waals surface area contributed by atoms with E-state index >= 15 is 0 Å². The van der Waals surface area contributed by atoms with Gasteiger partial charge in [-0.2, -0.15) is 0 Å². The van der Waals surface area contributed by atoms with Crippen LogP contribution in [-0.4, -0.2) is 28.2 Å². The Morgan fingerprint density at radius 2 is 1.85 bits per heavy atom. The molecule has 0 saturated heterocycles. The maximum atomic E-state index is 12.8. The summed E-state index contributed by atoms with van der Waals surface area (Å²) >= 11 is 0. The molecule has 3 heteroatoms. The average molecular weight is 457 g/mol. The van der Waals surface area contributed by atoms with E-state index in [-0.39, 0.29) is 33.7 Å². The summed E-state index contributed by atoms with van der Waals surface area (Å²) in [7, 11) is 0. The first kappa shape index (κ1) is 25.2. The lowest BCUT2D eigenvalue weighted by Crippen LogP contribution is -2.57. The van der Waals surface area contributed by atoms with Gasteiger partial charge in [-0.15, -0.1) is 0 Å². The van der Waals surface area contributed by atoms with Crippen molar-refractivity contribution >= 4 is 5.78 Å². The van der Waals surface area contributed by atoms with E-state index in [1.165, 1.54) is 6.42 Å². The van der Waals surface area contributed by atoms with Gasteiger partial charge in [0.15, 0.2) is 0 Å². The number of hydrogen-bond acceptors (Lipinski definition) is 3. The molecule has 2 N–H and O–H groups in total. The SMILES string of the molecule is C=C(C)[C@@H](O)CCC(C)[C@@H]1[C@@H](O)C[C@]2(C)C3=CC[C@H]4C(C)(C)C(=O)CC[C@]4(C)[C@H]3CC[C@@]12C. The maximum absolute atomic E-state index is 12.8. The van der Waals surface area contributed by atoms with Crippen LogP contribution in [0.1, 0.15) is 99.8 Å². The molecule has 0 aromatic rings. The van der Waals surface area contributed by atoms with Gasteiger partial charge in [-0.1, -0.05) is 65.3 Å². The predicted octanol–water partition coefficient (Wildman–Crippen LogP) is 6.48. The van der Waals surface area contributed by atoms with Crippen molar-refractivity contribution in [1.82, 2.24) is 0 Å². The van der Waals surface area contributed by atoms with Crippen molar-refractivity contribution in [3.8, 4) is 0 Å². The van der Waals surface area contributed by atoms with Crippen LogP contribution in [0.4, 0.5) is 0 Å². The van der Waals surface area contributed by atoms with Crippen LogP contribution in [0.2, 0.25) is 0 Å². The Morgan fingerprint density at radius 1 is 1.18 bits per heavy atom. The van der Waals surface area contributed by atoms with Crippen molar-refractivity contribution in [2.24, 2.45) is 45.3 Å². The topological polar surface area (TPSA) is 57.5 Å². The molecule has 0 spiro atoms. The zero-order chi connectivity index (χ0) is 24.6. The number of allylic oxidation sites excluding steroid dienone is 2. The Balaban J connectivity index is 1.65. The number of carbonyl (C=O) groups excluding carboxylic acids is 1. The molecule has 0 aromatic heterocycles. The summed E-state index contributed by atoms with van der Waals surface area (Å²) in [6.45, 7) is 19.8. The van der Waals surface area contributed by atoms with Crippen molar-refractivity contribution in [1.29, 1.82) is 0 Å². The van der Waals surface area contributed by atoms with E-state index in [9.17, 15) is 15.0 Å². The fourth-order valence-electron chi connectivity index (χ4n) is 9.48. The van der Waals surface area contributed by atoms with Crippen LogP contribution in [0.15, 0.2) is 23.8 Å². The molecule has 0 aliphatic heterocycles. The summed E-state index contributed by atoms with van der Waals surface area (Å²) in [5.41, 5.74) is 2.41. The Bertz CT molecular complexity index is 855. The first-order chi connectivity index (χ1) is 15.2. The van der Waals surface area contributed by atoms with E-state index in [1.54, 1.807) is 5.57 Å².